The second kappa shape index (κ2) is 11.2. The number of carbonyl (C=O) groups excluding carboxylic acids is 2. The number of halogens is 3. The van der Waals surface area contributed by atoms with Gasteiger partial charge in [-0.2, -0.15) is 10.2 Å². The van der Waals surface area contributed by atoms with E-state index < -0.39 is 11.9 Å². The van der Waals surface area contributed by atoms with Crippen LogP contribution in [0.3, 0.4) is 0 Å². The van der Waals surface area contributed by atoms with Crippen LogP contribution in [0.2, 0.25) is 15.1 Å². The van der Waals surface area contributed by atoms with E-state index in [2.05, 4.69) is 15.6 Å². The van der Waals surface area contributed by atoms with Gasteiger partial charge in [0, 0.05) is 21.3 Å². The average molecular weight is 528 g/mol. The van der Waals surface area contributed by atoms with Crippen LogP contribution >= 0.6 is 34.8 Å². The van der Waals surface area contributed by atoms with Crippen molar-refractivity contribution < 1.29 is 14.3 Å². The lowest BCUT2D eigenvalue weighted by Gasteiger charge is -2.05. The van der Waals surface area contributed by atoms with Crippen LogP contribution in [0.5, 0.6) is 5.75 Å². The molecule has 4 aromatic rings. The van der Waals surface area contributed by atoms with Crippen LogP contribution < -0.4 is 10.2 Å². The second-order valence-electron chi connectivity index (χ2n) is 7.30. The van der Waals surface area contributed by atoms with E-state index in [-0.39, 0.29) is 5.69 Å². The van der Waals surface area contributed by atoms with Gasteiger partial charge in [-0.05, 0) is 71.8 Å². The van der Waals surface area contributed by atoms with Crippen molar-refractivity contribution in [2.75, 3.05) is 0 Å². The summed E-state index contributed by atoms with van der Waals surface area (Å²) in [5.74, 6) is -0.615. The molecule has 4 rings (SSSR count). The van der Waals surface area contributed by atoms with E-state index in [1.165, 1.54) is 12.3 Å². The lowest BCUT2D eigenvalue weighted by atomic mass is 10.2. The molecule has 1 amide bonds. The van der Waals surface area contributed by atoms with Crippen LogP contribution in [0.1, 0.15) is 32.0 Å². The van der Waals surface area contributed by atoms with E-state index in [4.69, 9.17) is 39.5 Å². The Kier molecular flexibility index (Phi) is 7.82. The molecule has 1 aromatic heterocycles. The van der Waals surface area contributed by atoms with E-state index in [0.717, 1.165) is 5.56 Å². The zero-order valence-corrected chi connectivity index (χ0v) is 20.3. The summed E-state index contributed by atoms with van der Waals surface area (Å²) in [5.41, 5.74) is 4.50. The highest BCUT2D eigenvalue weighted by Crippen LogP contribution is 2.21. The number of amides is 1. The Morgan fingerprint density at radius 3 is 2.49 bits per heavy atom. The van der Waals surface area contributed by atoms with Gasteiger partial charge in [-0.15, -0.1) is 0 Å². The number of hydrogen-bond acceptors (Lipinski definition) is 5. The van der Waals surface area contributed by atoms with Crippen LogP contribution in [-0.2, 0) is 6.54 Å². The smallest absolute Gasteiger partial charge is 0.343 e. The third-order valence-corrected chi connectivity index (χ3v) is 5.57. The van der Waals surface area contributed by atoms with Crippen LogP contribution in [0.15, 0.2) is 84.1 Å². The maximum absolute atomic E-state index is 12.3. The van der Waals surface area contributed by atoms with E-state index in [1.807, 2.05) is 0 Å². The van der Waals surface area contributed by atoms with E-state index >= 15 is 0 Å². The van der Waals surface area contributed by atoms with E-state index in [9.17, 15) is 9.59 Å². The molecule has 0 atom stereocenters. The van der Waals surface area contributed by atoms with Crippen molar-refractivity contribution in [3.8, 4) is 5.75 Å². The Balaban J connectivity index is 1.30. The highest BCUT2D eigenvalue weighted by atomic mass is 35.5. The molecule has 0 fully saturated rings. The molecule has 0 bridgehead atoms. The molecule has 1 N–H and O–H groups in total. The van der Waals surface area contributed by atoms with Crippen molar-refractivity contribution in [2.24, 2.45) is 5.10 Å². The molecule has 35 heavy (non-hydrogen) atoms. The van der Waals surface area contributed by atoms with Gasteiger partial charge < -0.3 is 4.74 Å². The van der Waals surface area contributed by atoms with Gasteiger partial charge in [0.05, 0.1) is 18.3 Å². The number of nitrogens with one attached hydrogen (secondary N) is 1. The van der Waals surface area contributed by atoms with Crippen molar-refractivity contribution in [1.29, 1.82) is 0 Å². The lowest BCUT2D eigenvalue weighted by Crippen LogP contribution is -2.18. The molecule has 10 heteroatoms. The third-order valence-electron chi connectivity index (χ3n) is 4.75. The second-order valence-corrected chi connectivity index (χ2v) is 8.58. The first kappa shape index (κ1) is 24.5. The first-order chi connectivity index (χ1) is 16.9. The number of rotatable bonds is 7. The Bertz CT molecular complexity index is 1400. The summed E-state index contributed by atoms with van der Waals surface area (Å²) in [5, 5.41) is 9.72. The summed E-state index contributed by atoms with van der Waals surface area (Å²) < 4.78 is 6.93. The number of hydrazone groups is 1. The molecule has 0 aliphatic heterocycles. The molecule has 0 aliphatic carbocycles. The van der Waals surface area contributed by atoms with Gasteiger partial charge in [-0.1, -0.05) is 46.9 Å². The fourth-order valence-electron chi connectivity index (χ4n) is 3.02. The molecular formula is C25H17Cl3N4O3. The van der Waals surface area contributed by atoms with Crippen molar-refractivity contribution in [1.82, 2.24) is 15.2 Å². The zero-order valence-electron chi connectivity index (χ0n) is 18.0. The van der Waals surface area contributed by atoms with Gasteiger partial charge in [0.25, 0.3) is 5.91 Å². The van der Waals surface area contributed by atoms with Crippen molar-refractivity contribution in [3.05, 3.63) is 116 Å². The quantitative estimate of drug-likeness (QED) is 0.141. The Labute approximate surface area is 215 Å². The Morgan fingerprint density at radius 1 is 0.971 bits per heavy atom. The highest BCUT2D eigenvalue weighted by molar-refractivity contribution is 6.35. The number of ether oxygens (including phenoxy) is 1. The maximum atomic E-state index is 12.3. The first-order valence-corrected chi connectivity index (χ1v) is 11.4. The number of esters is 1. The maximum Gasteiger partial charge on any atom is 0.343 e. The highest BCUT2D eigenvalue weighted by Gasteiger charge is 2.11. The number of benzene rings is 3. The minimum absolute atomic E-state index is 0.204. The summed E-state index contributed by atoms with van der Waals surface area (Å²) >= 11 is 18.0. The molecule has 0 saturated carbocycles. The molecule has 1 heterocycles. The van der Waals surface area contributed by atoms with Gasteiger partial charge in [-0.3, -0.25) is 9.48 Å². The largest absolute Gasteiger partial charge is 0.423 e. The summed E-state index contributed by atoms with van der Waals surface area (Å²) in [6.07, 6.45) is 3.14. The SMILES string of the molecule is O=C(Oc1ccc(/C=N\NC(=O)c2ccn(Cc3ccc(Cl)cc3Cl)n2)cc1)c1cccc(Cl)c1. The molecular weight excluding hydrogens is 511 g/mol. The summed E-state index contributed by atoms with van der Waals surface area (Å²) in [4.78, 5) is 24.5. The number of hydrogen-bond donors (Lipinski definition) is 1. The van der Waals surface area contributed by atoms with Gasteiger partial charge in [0.15, 0.2) is 5.69 Å². The van der Waals surface area contributed by atoms with Crippen molar-refractivity contribution >= 4 is 52.9 Å². The predicted octanol–water partition coefficient (Wildman–Crippen LogP) is 5.87. The minimum Gasteiger partial charge on any atom is -0.423 e. The average Bonchev–Trinajstić information content (AvgIpc) is 3.31. The number of aromatic nitrogens is 2. The fraction of sp³-hybridized carbons (Fsp3) is 0.0400. The fourth-order valence-corrected chi connectivity index (χ4v) is 3.68. The lowest BCUT2D eigenvalue weighted by molar-refractivity contribution is 0.0734. The van der Waals surface area contributed by atoms with Crippen molar-refractivity contribution in [3.63, 3.8) is 0 Å². The first-order valence-electron chi connectivity index (χ1n) is 10.3. The minimum atomic E-state index is -0.515. The standard InChI is InChI=1S/C25H17Cl3N4O3/c26-19-3-1-2-17(12-19)25(34)35-21-8-4-16(5-9-21)14-29-30-24(33)23-10-11-32(31-23)15-18-6-7-20(27)13-22(18)28/h1-14H,15H2,(H,30,33)/b29-14-. The molecule has 176 valence electrons. The van der Waals surface area contributed by atoms with Gasteiger partial charge in [0.1, 0.15) is 5.75 Å². The number of carbonyl (C=O) groups is 2. The molecule has 7 nitrogen and oxygen atoms in total. The number of nitrogens with zero attached hydrogens (tertiary/aromatic N) is 3. The monoisotopic (exact) mass is 526 g/mol. The Hall–Kier alpha value is -3.65. The van der Waals surface area contributed by atoms with E-state index in [1.54, 1.807) is 77.6 Å². The molecule has 0 radical (unpaired) electrons. The van der Waals surface area contributed by atoms with Crippen LogP contribution in [-0.4, -0.2) is 27.9 Å². The summed E-state index contributed by atoms with van der Waals surface area (Å²) in [7, 11) is 0. The molecule has 0 saturated heterocycles. The van der Waals surface area contributed by atoms with Gasteiger partial charge >= 0.3 is 5.97 Å². The summed E-state index contributed by atoms with van der Waals surface area (Å²) in [6, 6.07) is 19.9. The van der Waals surface area contributed by atoms with E-state index in [0.29, 0.717) is 38.5 Å². The normalized spacial score (nSPS) is 10.9. The molecule has 3 aromatic carbocycles. The van der Waals surface area contributed by atoms with Gasteiger partial charge in [-0.25, -0.2) is 10.2 Å². The zero-order chi connectivity index (χ0) is 24.8. The molecule has 0 aliphatic rings. The van der Waals surface area contributed by atoms with Crippen LogP contribution in [0, 0.1) is 0 Å². The predicted molar refractivity (Wildman–Crippen MR) is 136 cm³/mol. The third kappa shape index (κ3) is 6.70. The molecule has 0 unspecified atom stereocenters. The Morgan fingerprint density at radius 2 is 1.74 bits per heavy atom. The van der Waals surface area contributed by atoms with Gasteiger partial charge in [0.2, 0.25) is 0 Å². The molecule has 0 spiro atoms. The van der Waals surface area contributed by atoms with Crippen LogP contribution in [0.4, 0.5) is 0 Å². The summed E-state index contributed by atoms with van der Waals surface area (Å²) in [6.45, 7) is 0.390. The topological polar surface area (TPSA) is 85.6 Å². The van der Waals surface area contributed by atoms with Crippen molar-refractivity contribution in [2.45, 2.75) is 6.54 Å². The van der Waals surface area contributed by atoms with Crippen LogP contribution in [0.25, 0.3) is 0 Å².